The Hall–Kier alpha value is -5.55. The highest BCUT2D eigenvalue weighted by Gasteiger charge is 2.30. The third-order valence-electron chi connectivity index (χ3n) is 12.1. The van der Waals surface area contributed by atoms with E-state index in [1.165, 1.54) is 48.7 Å². The number of benzene rings is 1. The van der Waals surface area contributed by atoms with Gasteiger partial charge in [0.1, 0.15) is 5.82 Å². The van der Waals surface area contributed by atoms with Gasteiger partial charge in [-0.05, 0) is 82.4 Å². The van der Waals surface area contributed by atoms with Crippen LogP contribution in [0, 0.1) is 0 Å². The molecule has 2 saturated heterocycles. The molecule has 3 aliphatic rings. The molecule has 1 aliphatic carbocycles. The minimum atomic E-state index is 0.0907. The Labute approximate surface area is 322 Å². The van der Waals surface area contributed by atoms with E-state index in [2.05, 4.69) is 120 Å². The van der Waals surface area contributed by atoms with Crippen LogP contribution in [0.3, 0.4) is 0 Å². The number of anilines is 1. The van der Waals surface area contributed by atoms with Crippen molar-refractivity contribution in [3.8, 4) is 11.4 Å². The molecule has 11 heteroatoms. The van der Waals surface area contributed by atoms with Crippen LogP contribution < -0.4 is 25.5 Å². The van der Waals surface area contributed by atoms with Crippen molar-refractivity contribution in [2.45, 2.75) is 89.4 Å². The minimum Gasteiger partial charge on any atom is -0.362 e. The second-order valence-electron chi connectivity index (χ2n) is 16.4. The van der Waals surface area contributed by atoms with E-state index in [-0.39, 0.29) is 6.04 Å². The summed E-state index contributed by atoms with van der Waals surface area (Å²) in [5.41, 5.74) is 7.34. The Balaban J connectivity index is 0.981. The Morgan fingerprint density at radius 3 is 2.58 bits per heavy atom. The predicted octanol–water partition coefficient (Wildman–Crippen LogP) is 6.21. The fraction of sp³-hybridized carbons (Fsp3) is 0.386. The first-order valence-electron chi connectivity index (χ1n) is 19.8. The van der Waals surface area contributed by atoms with E-state index in [0.717, 1.165) is 93.6 Å². The van der Waals surface area contributed by atoms with Crippen LogP contribution in [0.25, 0.3) is 46.4 Å². The zero-order valence-corrected chi connectivity index (χ0v) is 32.5. The van der Waals surface area contributed by atoms with Gasteiger partial charge in [-0.25, -0.2) is 19.5 Å². The van der Waals surface area contributed by atoms with E-state index in [0.29, 0.717) is 23.2 Å². The number of allylic oxidation sites excluding steroid dienone is 2. The SMILES string of the molecule is C=C1CCC(n2c(=C)c3cccc(CCc4cnnn4C[N+](C)(C)n4ccc5c(-c6nc(C7CC7)cc(N7CCCCC7C)n6)ccnc54)c3c2=C)C(=C)N1. The maximum absolute atomic E-state index is 5.22. The van der Waals surface area contributed by atoms with Gasteiger partial charge in [0, 0.05) is 80.3 Å². The van der Waals surface area contributed by atoms with Crippen LogP contribution in [-0.4, -0.2) is 65.9 Å². The molecular weight excluding hydrogens is 683 g/mol. The summed E-state index contributed by atoms with van der Waals surface area (Å²) in [6.45, 7) is 21.4. The van der Waals surface area contributed by atoms with Crippen LogP contribution >= 0.6 is 0 Å². The van der Waals surface area contributed by atoms with Crippen LogP contribution in [0.2, 0.25) is 0 Å². The largest absolute Gasteiger partial charge is 0.362 e. The smallest absolute Gasteiger partial charge is 0.198 e. The highest BCUT2D eigenvalue weighted by atomic mass is 15.7. The number of nitrogens with zero attached hydrogens (tertiary/aromatic N) is 10. The number of piperidine rings is 2. The van der Waals surface area contributed by atoms with E-state index < -0.39 is 0 Å². The summed E-state index contributed by atoms with van der Waals surface area (Å²) in [5, 5.41) is 17.6. The maximum Gasteiger partial charge on any atom is 0.198 e. The molecule has 2 atom stereocenters. The fourth-order valence-corrected chi connectivity index (χ4v) is 8.98. The van der Waals surface area contributed by atoms with Gasteiger partial charge in [0.2, 0.25) is 0 Å². The lowest BCUT2D eigenvalue weighted by Gasteiger charge is -2.34. The number of hydrogen-bond donors (Lipinski definition) is 1. The number of pyridine rings is 1. The van der Waals surface area contributed by atoms with Crippen molar-refractivity contribution < 1.29 is 0 Å². The minimum absolute atomic E-state index is 0.0907. The van der Waals surface area contributed by atoms with E-state index in [1.807, 2.05) is 17.1 Å². The lowest BCUT2D eigenvalue weighted by atomic mass is 10.0. The molecule has 0 radical (unpaired) electrons. The molecule has 5 aromatic heterocycles. The predicted molar refractivity (Wildman–Crippen MR) is 222 cm³/mol. The van der Waals surface area contributed by atoms with Crippen LogP contribution in [0.15, 0.2) is 79.5 Å². The van der Waals surface area contributed by atoms with Gasteiger partial charge < -0.3 is 14.8 Å². The maximum atomic E-state index is 5.22. The normalized spacial score (nSPS) is 19.4. The van der Waals surface area contributed by atoms with Gasteiger partial charge in [0.25, 0.3) is 0 Å². The average molecular weight is 735 g/mol. The van der Waals surface area contributed by atoms with Crippen LogP contribution in [0.1, 0.15) is 80.8 Å². The van der Waals surface area contributed by atoms with Crippen molar-refractivity contribution in [3.63, 3.8) is 0 Å². The summed E-state index contributed by atoms with van der Waals surface area (Å²) in [4.78, 5) is 17.8. The molecule has 2 unspecified atom stereocenters. The van der Waals surface area contributed by atoms with Crippen LogP contribution in [0.5, 0.6) is 0 Å². The molecule has 7 heterocycles. The van der Waals surface area contributed by atoms with Crippen molar-refractivity contribution in [2.75, 3.05) is 25.5 Å². The van der Waals surface area contributed by atoms with Gasteiger partial charge in [-0.15, -0.1) is 5.10 Å². The molecule has 1 saturated carbocycles. The topological polar surface area (TPSA) is 94.5 Å². The van der Waals surface area contributed by atoms with E-state index in [9.17, 15) is 0 Å². The molecule has 0 bridgehead atoms. The highest BCUT2D eigenvalue weighted by Crippen LogP contribution is 2.41. The molecule has 9 rings (SSSR count). The summed E-state index contributed by atoms with van der Waals surface area (Å²) in [6, 6.07) is 13.5. The molecule has 3 fully saturated rings. The van der Waals surface area contributed by atoms with Crippen molar-refractivity contribution >= 4 is 40.8 Å². The first-order chi connectivity index (χ1) is 26.6. The summed E-state index contributed by atoms with van der Waals surface area (Å²) < 4.78 is 6.96. The standard InChI is InChI=1S/C44H52N11/c1-28-14-19-40(30(3)47-28)54-31(4)36-13-10-12-34(42(36)32(54)5)17-18-35-26-46-50-52(35)27-55(6,7)53-24-21-38-37(20-22-45-44(38)53)43-48-39(33-15-16-33)25-41(49-43)51-23-9-8-11-29(51)2/h10,12-13,20-22,24-26,29,33,40,47H,1,3-5,8-9,11,14-19,23,27H2,2,6-7H3/q+1. The molecule has 2 aliphatic heterocycles. The van der Waals surface area contributed by atoms with Crippen molar-refractivity contribution in [1.82, 2.24) is 49.1 Å². The van der Waals surface area contributed by atoms with Gasteiger partial charge in [-0.3, -0.25) is 0 Å². The van der Waals surface area contributed by atoms with Gasteiger partial charge >= 0.3 is 0 Å². The monoisotopic (exact) mass is 734 g/mol. The first-order valence-corrected chi connectivity index (χ1v) is 19.8. The van der Waals surface area contributed by atoms with Gasteiger partial charge in [0.05, 0.1) is 38.2 Å². The molecule has 6 aromatic rings. The lowest BCUT2D eigenvalue weighted by Crippen LogP contribution is -2.51. The number of rotatable bonds is 10. The molecule has 0 amide bonds. The zero-order chi connectivity index (χ0) is 38.0. The number of quaternary nitrogens is 1. The number of nitrogens with one attached hydrogen (secondary N) is 1. The average Bonchev–Trinajstić information content (AvgIpc) is 3.69. The van der Waals surface area contributed by atoms with Gasteiger partial charge in [-0.1, -0.05) is 49.7 Å². The van der Waals surface area contributed by atoms with Gasteiger partial charge in [-0.2, -0.15) is 9.36 Å². The van der Waals surface area contributed by atoms with Crippen molar-refractivity contribution in [3.05, 3.63) is 107 Å². The third-order valence-corrected chi connectivity index (χ3v) is 12.1. The zero-order valence-electron chi connectivity index (χ0n) is 32.5. The second kappa shape index (κ2) is 13.6. The molecular formula is C44H52N11+. The summed E-state index contributed by atoms with van der Waals surface area (Å²) >= 11 is 0. The molecule has 0 spiro atoms. The van der Waals surface area contributed by atoms with Crippen LogP contribution in [0.4, 0.5) is 5.82 Å². The Kier molecular flexibility index (Phi) is 8.72. The molecule has 1 N–H and O–H groups in total. The number of hydrogen-bond acceptors (Lipinski definition) is 7. The Morgan fingerprint density at radius 2 is 1.78 bits per heavy atom. The molecule has 55 heavy (non-hydrogen) atoms. The highest BCUT2D eigenvalue weighted by molar-refractivity contribution is 5.91. The van der Waals surface area contributed by atoms with Gasteiger partial charge in [0.15, 0.2) is 18.1 Å². The summed E-state index contributed by atoms with van der Waals surface area (Å²) in [5.74, 6) is 2.38. The Bertz CT molecular complexity index is 2570. The third kappa shape index (κ3) is 6.34. The molecule has 1 aromatic carbocycles. The summed E-state index contributed by atoms with van der Waals surface area (Å²) in [6.07, 6.45) is 15.4. The number of fused-ring (bicyclic) bond motifs is 2. The lowest BCUT2D eigenvalue weighted by molar-refractivity contribution is 0.151. The van der Waals surface area contributed by atoms with Crippen molar-refractivity contribution in [2.24, 2.45) is 0 Å². The first kappa shape index (κ1) is 35.2. The van der Waals surface area contributed by atoms with E-state index in [4.69, 9.17) is 15.0 Å². The second-order valence-corrected chi connectivity index (χ2v) is 16.4. The molecule has 282 valence electrons. The van der Waals surface area contributed by atoms with Crippen LogP contribution in [-0.2, 0) is 19.5 Å². The number of aryl methyl sites for hydroxylation is 2. The quantitative estimate of drug-likeness (QED) is 0.167. The Morgan fingerprint density at radius 1 is 0.927 bits per heavy atom. The number of aromatic nitrogens is 8. The molecule has 11 nitrogen and oxygen atoms in total. The van der Waals surface area contributed by atoms with E-state index >= 15 is 0 Å². The van der Waals surface area contributed by atoms with E-state index in [1.54, 1.807) is 0 Å². The fourth-order valence-electron chi connectivity index (χ4n) is 8.98. The van der Waals surface area contributed by atoms with Crippen molar-refractivity contribution in [1.29, 1.82) is 0 Å². The summed E-state index contributed by atoms with van der Waals surface area (Å²) in [7, 11) is 4.35.